The number of carbonyl (C=O) groups excluding carboxylic acids is 3. The Kier molecular flexibility index (Phi) is 5.69. The lowest BCUT2D eigenvalue weighted by Crippen LogP contribution is -2.66. The normalized spacial score (nSPS) is 43.5. The third-order valence-corrected chi connectivity index (χ3v) is 11.6. The molecule has 1 amide bonds. The van der Waals surface area contributed by atoms with Crippen molar-refractivity contribution < 1.29 is 19.1 Å². The molecular formula is C31H42N2O4. The van der Waals surface area contributed by atoms with E-state index in [2.05, 4.69) is 39.1 Å². The lowest BCUT2D eigenvalue weighted by atomic mass is 9.39. The molecule has 7 unspecified atom stereocenters. The van der Waals surface area contributed by atoms with Gasteiger partial charge in [-0.1, -0.05) is 53.2 Å². The van der Waals surface area contributed by atoms with E-state index in [9.17, 15) is 19.6 Å². The molecule has 0 aliphatic heterocycles. The van der Waals surface area contributed by atoms with Gasteiger partial charge in [-0.3, -0.25) is 9.59 Å². The number of hydrogen-bond acceptors (Lipinski definition) is 5. The van der Waals surface area contributed by atoms with Crippen LogP contribution in [0.15, 0.2) is 23.3 Å². The first-order valence-electron chi connectivity index (χ1n) is 14.0. The van der Waals surface area contributed by atoms with Crippen molar-refractivity contribution in [2.45, 2.75) is 92.0 Å². The van der Waals surface area contributed by atoms with Crippen molar-refractivity contribution in [1.82, 2.24) is 5.32 Å². The van der Waals surface area contributed by atoms with E-state index in [4.69, 9.17) is 4.74 Å². The number of alkyl carbamates (subject to hydrolysis) is 1. The molecule has 5 aliphatic rings. The number of hydrogen-bond donors (Lipinski definition) is 1. The fourth-order valence-corrected chi connectivity index (χ4v) is 9.75. The third-order valence-electron chi connectivity index (χ3n) is 11.6. The van der Waals surface area contributed by atoms with E-state index in [-0.39, 0.29) is 51.6 Å². The van der Waals surface area contributed by atoms with Gasteiger partial charge in [0.1, 0.15) is 6.07 Å². The highest BCUT2D eigenvalue weighted by Crippen LogP contribution is 2.69. The Morgan fingerprint density at radius 2 is 1.73 bits per heavy atom. The molecule has 7 atom stereocenters. The molecular weight excluding hydrogens is 464 g/mol. The number of allylic oxidation sites excluding steroid dienone is 4. The van der Waals surface area contributed by atoms with E-state index < -0.39 is 22.5 Å². The summed E-state index contributed by atoms with van der Waals surface area (Å²) in [5.41, 5.74) is -0.356. The maximum atomic E-state index is 14.2. The van der Waals surface area contributed by atoms with Crippen LogP contribution < -0.4 is 5.32 Å². The molecule has 0 spiro atoms. The van der Waals surface area contributed by atoms with E-state index in [1.54, 1.807) is 0 Å². The molecule has 5 rings (SSSR count). The van der Waals surface area contributed by atoms with Gasteiger partial charge in [0, 0.05) is 22.3 Å². The number of rotatable bonds is 1. The topological polar surface area (TPSA) is 96.3 Å². The molecule has 200 valence electrons. The first kappa shape index (κ1) is 26.2. The third kappa shape index (κ3) is 3.52. The summed E-state index contributed by atoms with van der Waals surface area (Å²) < 4.78 is 5.03. The van der Waals surface area contributed by atoms with Crippen LogP contribution >= 0.6 is 0 Å². The smallest absolute Gasteiger partial charge is 0.407 e. The number of amides is 1. The quantitative estimate of drug-likeness (QED) is 0.476. The molecule has 0 radical (unpaired) electrons. The number of nitriles is 1. The molecule has 6 heteroatoms. The number of Topliss-reactive ketones (excluding diaryl/α,β-unsaturated/α-hetero) is 1. The zero-order valence-electron chi connectivity index (χ0n) is 23.5. The van der Waals surface area contributed by atoms with E-state index in [1.165, 1.54) is 7.11 Å². The van der Waals surface area contributed by atoms with Crippen LogP contribution in [0.25, 0.3) is 0 Å². The summed E-state index contributed by atoms with van der Waals surface area (Å²) in [7, 11) is 1.40. The average Bonchev–Trinajstić information content (AvgIpc) is 2.82. The van der Waals surface area contributed by atoms with Crippen molar-refractivity contribution in [3.63, 3.8) is 0 Å². The van der Waals surface area contributed by atoms with E-state index in [1.807, 2.05) is 26.0 Å². The second-order valence-electron chi connectivity index (χ2n) is 14.4. The first-order valence-corrected chi connectivity index (χ1v) is 14.0. The fraction of sp³-hybridized carbons (Fsp3) is 0.742. The van der Waals surface area contributed by atoms with Gasteiger partial charge in [0.25, 0.3) is 0 Å². The molecule has 5 aliphatic carbocycles. The predicted octanol–water partition coefficient (Wildman–Crippen LogP) is 5.92. The number of carbonyl (C=O) groups is 3. The molecule has 0 heterocycles. The molecule has 6 nitrogen and oxygen atoms in total. The summed E-state index contributed by atoms with van der Waals surface area (Å²) in [6.45, 7) is 13.0. The van der Waals surface area contributed by atoms with Crippen molar-refractivity contribution in [2.24, 2.45) is 45.3 Å². The first-order chi connectivity index (χ1) is 17.1. The molecule has 0 aromatic heterocycles. The van der Waals surface area contributed by atoms with Crippen LogP contribution in [0.1, 0.15) is 86.5 Å². The van der Waals surface area contributed by atoms with E-state index in [0.717, 1.165) is 50.5 Å². The second-order valence-corrected chi connectivity index (χ2v) is 14.4. The molecule has 0 aromatic carbocycles. The molecule has 0 aromatic rings. The van der Waals surface area contributed by atoms with Gasteiger partial charge < -0.3 is 10.1 Å². The lowest BCUT2D eigenvalue weighted by molar-refractivity contribution is -0.141. The number of methoxy groups -OCH3 is 1. The van der Waals surface area contributed by atoms with Crippen molar-refractivity contribution in [1.29, 1.82) is 5.26 Å². The number of ether oxygens (including phenoxy) is 1. The minimum absolute atomic E-state index is 0.0468. The zero-order valence-corrected chi connectivity index (χ0v) is 23.5. The zero-order chi connectivity index (χ0) is 27.2. The summed E-state index contributed by atoms with van der Waals surface area (Å²) in [4.78, 5) is 39.8. The van der Waals surface area contributed by atoms with Gasteiger partial charge in [0.15, 0.2) is 11.6 Å². The Hall–Kier alpha value is -2.42. The van der Waals surface area contributed by atoms with Gasteiger partial charge in [0.05, 0.1) is 12.7 Å². The van der Waals surface area contributed by atoms with Crippen LogP contribution in [0.5, 0.6) is 0 Å². The highest BCUT2D eigenvalue weighted by molar-refractivity contribution is 6.04. The number of nitrogens with zero attached hydrogens (tertiary/aromatic N) is 1. The van der Waals surface area contributed by atoms with Crippen LogP contribution in [0, 0.1) is 56.7 Å². The van der Waals surface area contributed by atoms with Crippen molar-refractivity contribution >= 4 is 17.7 Å². The summed E-state index contributed by atoms with van der Waals surface area (Å²) in [6.07, 6.45) is 9.64. The van der Waals surface area contributed by atoms with Gasteiger partial charge in [-0.2, -0.15) is 5.26 Å². The number of ketones is 2. The maximum absolute atomic E-state index is 14.2. The van der Waals surface area contributed by atoms with Crippen LogP contribution in [0.3, 0.4) is 0 Å². The molecule has 3 saturated carbocycles. The lowest BCUT2D eigenvalue weighted by Gasteiger charge is -2.65. The highest BCUT2D eigenvalue weighted by Gasteiger charge is 2.66. The summed E-state index contributed by atoms with van der Waals surface area (Å²) in [5, 5.41) is 13.1. The Bertz CT molecular complexity index is 1170. The van der Waals surface area contributed by atoms with Gasteiger partial charge >= 0.3 is 6.09 Å². The summed E-state index contributed by atoms with van der Waals surface area (Å²) >= 11 is 0. The van der Waals surface area contributed by atoms with Crippen LogP contribution in [-0.2, 0) is 14.3 Å². The molecule has 3 fully saturated rings. The van der Waals surface area contributed by atoms with Crippen molar-refractivity contribution in [3.05, 3.63) is 23.3 Å². The van der Waals surface area contributed by atoms with Gasteiger partial charge in [-0.25, -0.2) is 4.79 Å². The molecule has 0 bridgehead atoms. The average molecular weight is 507 g/mol. The van der Waals surface area contributed by atoms with E-state index in [0.29, 0.717) is 0 Å². The fourth-order valence-electron chi connectivity index (χ4n) is 9.75. The monoisotopic (exact) mass is 506 g/mol. The summed E-state index contributed by atoms with van der Waals surface area (Å²) in [6, 6.07) is 2.17. The molecule has 37 heavy (non-hydrogen) atoms. The van der Waals surface area contributed by atoms with Crippen LogP contribution in [0.2, 0.25) is 0 Å². The Morgan fingerprint density at radius 3 is 2.38 bits per heavy atom. The van der Waals surface area contributed by atoms with E-state index >= 15 is 0 Å². The molecule has 1 N–H and O–H groups in total. The Morgan fingerprint density at radius 1 is 1.03 bits per heavy atom. The highest BCUT2D eigenvalue weighted by atomic mass is 16.5. The Balaban J connectivity index is 1.63. The second kappa shape index (κ2) is 8.04. The summed E-state index contributed by atoms with van der Waals surface area (Å²) in [5.74, 6) is 0.185. The minimum Gasteiger partial charge on any atom is -0.453 e. The van der Waals surface area contributed by atoms with Gasteiger partial charge in [-0.15, -0.1) is 0 Å². The van der Waals surface area contributed by atoms with Crippen molar-refractivity contribution in [2.75, 3.05) is 7.11 Å². The van der Waals surface area contributed by atoms with Gasteiger partial charge in [-0.05, 0) is 79.6 Å². The SMILES string of the molecule is COC(=O)NC12CCC3C(C(=O)C=C4C5(C)C=C(C#N)C(=O)C(C)(C)C5CCC43C)C1CC(C)(C)CC2. The minimum atomic E-state index is -0.657. The van der Waals surface area contributed by atoms with Gasteiger partial charge in [0.2, 0.25) is 0 Å². The predicted molar refractivity (Wildman–Crippen MR) is 140 cm³/mol. The molecule has 0 saturated heterocycles. The number of nitrogens with one attached hydrogen (secondary N) is 1. The maximum Gasteiger partial charge on any atom is 0.407 e. The van der Waals surface area contributed by atoms with Crippen LogP contribution in [-0.4, -0.2) is 30.3 Å². The van der Waals surface area contributed by atoms with Crippen molar-refractivity contribution in [3.8, 4) is 6.07 Å². The standard InChI is InChI=1S/C31H42N2O4/c1-27(2)12-13-31(33-26(36)37-7)11-8-19-24(20(31)16-27)21(34)14-23-29(19,5)10-9-22-28(3,4)25(35)18(17-32)15-30(22,23)6/h14-15,19-20,22,24H,8-13,16H2,1-7H3,(H,33,36). The largest absolute Gasteiger partial charge is 0.453 e. The van der Waals surface area contributed by atoms with Crippen LogP contribution in [0.4, 0.5) is 4.79 Å². The number of fused-ring (bicyclic) bond motifs is 7. The Labute approximate surface area is 221 Å².